The fraction of sp³-hybridized carbons (Fsp3) is 0.357. The summed E-state index contributed by atoms with van der Waals surface area (Å²) in [5, 5.41) is 0.896. The first-order chi connectivity index (χ1) is 9.31. The average Bonchev–Trinajstić information content (AvgIpc) is 2.35. The summed E-state index contributed by atoms with van der Waals surface area (Å²) in [7, 11) is 0. The molecule has 3 heterocycles. The van der Waals surface area contributed by atoms with Crippen LogP contribution in [0.5, 0.6) is 0 Å². The van der Waals surface area contributed by atoms with Crippen molar-refractivity contribution in [1.29, 1.82) is 0 Å². The predicted molar refractivity (Wildman–Crippen MR) is 70.4 cm³/mol. The highest BCUT2D eigenvalue weighted by Crippen LogP contribution is 2.39. The first-order valence-corrected chi connectivity index (χ1v) is 6.38. The Balaban J connectivity index is 1.74. The molecule has 0 radical (unpaired) electrons. The second-order valence-corrected chi connectivity index (χ2v) is 5.22. The quantitative estimate of drug-likeness (QED) is 0.760. The van der Waals surface area contributed by atoms with Gasteiger partial charge in [-0.3, -0.25) is 4.79 Å². The van der Waals surface area contributed by atoms with Gasteiger partial charge in [0.05, 0.1) is 24.3 Å². The molecule has 96 valence electrons. The molecule has 0 atom stereocenters. The maximum absolute atomic E-state index is 10.7. The largest absolute Gasteiger partial charge is 0.376 e. The summed E-state index contributed by atoms with van der Waals surface area (Å²) in [4.78, 5) is 22.0. The van der Waals surface area contributed by atoms with Gasteiger partial charge in [0.25, 0.3) is 0 Å². The number of carbonyl (C=O) groups excluding carboxylic acids is 1. The lowest BCUT2D eigenvalue weighted by Gasteiger charge is -2.57. The van der Waals surface area contributed by atoms with Crippen LogP contribution in [0.25, 0.3) is 10.9 Å². The maximum Gasteiger partial charge on any atom is 0.226 e. The summed E-state index contributed by atoms with van der Waals surface area (Å²) in [5.74, 6) is 0.765. The standard InChI is InChI=1S/C14H13N3O2/c18-7-10-1-2-12-11(5-10)6-15-13(16-12)17-4-3-14(17)8-19-9-14/h1-2,5-7H,3-4,8-9H2. The molecule has 2 aromatic rings. The number of aromatic nitrogens is 2. The van der Waals surface area contributed by atoms with Gasteiger partial charge < -0.3 is 9.64 Å². The van der Waals surface area contributed by atoms with E-state index in [1.807, 2.05) is 12.1 Å². The molecule has 0 aliphatic carbocycles. The molecule has 2 aliphatic heterocycles. The van der Waals surface area contributed by atoms with Gasteiger partial charge in [-0.2, -0.15) is 0 Å². The van der Waals surface area contributed by atoms with Crippen molar-refractivity contribution in [1.82, 2.24) is 9.97 Å². The van der Waals surface area contributed by atoms with Gasteiger partial charge in [0.2, 0.25) is 5.95 Å². The molecule has 19 heavy (non-hydrogen) atoms. The highest BCUT2D eigenvalue weighted by molar-refractivity contribution is 5.86. The van der Waals surface area contributed by atoms with Crippen molar-refractivity contribution < 1.29 is 9.53 Å². The lowest BCUT2D eigenvalue weighted by molar-refractivity contribution is -0.0855. The normalized spacial score (nSPS) is 20.1. The minimum absolute atomic E-state index is 0.149. The van der Waals surface area contributed by atoms with Crippen LogP contribution >= 0.6 is 0 Å². The Bertz CT molecular complexity index is 661. The minimum atomic E-state index is 0.149. The number of nitrogens with zero attached hydrogens (tertiary/aromatic N) is 3. The van der Waals surface area contributed by atoms with Gasteiger partial charge in [-0.05, 0) is 24.6 Å². The van der Waals surface area contributed by atoms with Crippen LogP contribution in [-0.4, -0.2) is 41.6 Å². The molecule has 0 amide bonds. The van der Waals surface area contributed by atoms with Gasteiger partial charge in [0.1, 0.15) is 6.29 Å². The van der Waals surface area contributed by atoms with Crippen LogP contribution in [-0.2, 0) is 4.74 Å². The lowest BCUT2D eigenvalue weighted by atomic mass is 9.83. The summed E-state index contributed by atoms with van der Waals surface area (Å²) in [5.41, 5.74) is 1.67. The Morgan fingerprint density at radius 3 is 2.89 bits per heavy atom. The molecule has 1 aromatic heterocycles. The fourth-order valence-corrected chi connectivity index (χ4v) is 2.74. The number of benzene rings is 1. The van der Waals surface area contributed by atoms with Crippen molar-refractivity contribution in [2.45, 2.75) is 12.0 Å². The summed E-state index contributed by atoms with van der Waals surface area (Å²) < 4.78 is 5.31. The Morgan fingerprint density at radius 1 is 1.37 bits per heavy atom. The van der Waals surface area contributed by atoms with Crippen molar-refractivity contribution in [2.75, 3.05) is 24.7 Å². The lowest BCUT2D eigenvalue weighted by Crippen LogP contribution is -2.71. The van der Waals surface area contributed by atoms with Crippen LogP contribution < -0.4 is 4.90 Å². The minimum Gasteiger partial charge on any atom is -0.376 e. The molecule has 0 unspecified atom stereocenters. The summed E-state index contributed by atoms with van der Waals surface area (Å²) >= 11 is 0. The third kappa shape index (κ3) is 1.48. The summed E-state index contributed by atoms with van der Waals surface area (Å²) in [6, 6.07) is 5.46. The van der Waals surface area contributed by atoms with E-state index < -0.39 is 0 Å². The van der Waals surface area contributed by atoms with E-state index in [1.54, 1.807) is 12.3 Å². The van der Waals surface area contributed by atoms with Crippen molar-refractivity contribution in [2.24, 2.45) is 0 Å². The van der Waals surface area contributed by atoms with E-state index in [9.17, 15) is 4.79 Å². The molecule has 2 fully saturated rings. The monoisotopic (exact) mass is 255 g/mol. The number of rotatable bonds is 2. The van der Waals surface area contributed by atoms with Crippen molar-refractivity contribution >= 4 is 23.1 Å². The van der Waals surface area contributed by atoms with Gasteiger partial charge in [-0.15, -0.1) is 0 Å². The second-order valence-electron chi connectivity index (χ2n) is 5.22. The maximum atomic E-state index is 10.7. The molecule has 1 aromatic carbocycles. The number of hydrogen-bond acceptors (Lipinski definition) is 5. The van der Waals surface area contributed by atoms with Crippen molar-refractivity contribution in [3.05, 3.63) is 30.0 Å². The van der Waals surface area contributed by atoms with Crippen LogP contribution in [0.2, 0.25) is 0 Å². The number of ether oxygens (including phenoxy) is 1. The zero-order chi connectivity index (χ0) is 12.9. The highest BCUT2D eigenvalue weighted by Gasteiger charge is 2.51. The number of hydrogen-bond donors (Lipinski definition) is 0. The third-order valence-electron chi connectivity index (χ3n) is 4.08. The molecule has 5 nitrogen and oxygen atoms in total. The van der Waals surface area contributed by atoms with Crippen molar-refractivity contribution in [3.8, 4) is 0 Å². The Labute approximate surface area is 110 Å². The van der Waals surface area contributed by atoms with Crippen LogP contribution in [0.4, 0.5) is 5.95 Å². The molecule has 4 rings (SSSR count). The predicted octanol–water partition coefficient (Wildman–Crippen LogP) is 1.42. The molecule has 5 heteroatoms. The van der Waals surface area contributed by atoms with Gasteiger partial charge in [0, 0.05) is 23.7 Å². The Kier molecular flexibility index (Phi) is 2.14. The molecule has 1 spiro atoms. The van der Waals surface area contributed by atoms with E-state index in [0.29, 0.717) is 5.56 Å². The number of aldehydes is 1. The first-order valence-electron chi connectivity index (χ1n) is 6.38. The van der Waals surface area contributed by atoms with Gasteiger partial charge in [0.15, 0.2) is 0 Å². The van der Waals surface area contributed by atoms with Crippen LogP contribution in [0.3, 0.4) is 0 Å². The smallest absolute Gasteiger partial charge is 0.226 e. The molecular formula is C14H13N3O2. The zero-order valence-electron chi connectivity index (χ0n) is 10.4. The Hall–Kier alpha value is -2.01. The van der Waals surface area contributed by atoms with Gasteiger partial charge in [-0.25, -0.2) is 9.97 Å². The fourth-order valence-electron chi connectivity index (χ4n) is 2.74. The highest BCUT2D eigenvalue weighted by atomic mass is 16.5. The summed E-state index contributed by atoms with van der Waals surface area (Å²) in [6.07, 6.45) is 3.78. The molecule has 2 saturated heterocycles. The third-order valence-corrected chi connectivity index (χ3v) is 4.08. The molecule has 0 saturated carbocycles. The van der Waals surface area contributed by atoms with Crippen LogP contribution in [0.15, 0.2) is 24.4 Å². The first kappa shape index (κ1) is 10.9. The van der Waals surface area contributed by atoms with Gasteiger partial charge in [-0.1, -0.05) is 0 Å². The van der Waals surface area contributed by atoms with E-state index in [0.717, 1.165) is 49.3 Å². The molecule has 0 bridgehead atoms. The Morgan fingerprint density at radius 2 is 2.26 bits per heavy atom. The van der Waals surface area contributed by atoms with Crippen molar-refractivity contribution in [3.63, 3.8) is 0 Å². The van der Waals surface area contributed by atoms with E-state index in [4.69, 9.17) is 4.74 Å². The molecular weight excluding hydrogens is 242 g/mol. The number of carbonyl (C=O) groups is 1. The molecule has 0 N–H and O–H groups in total. The van der Waals surface area contributed by atoms with E-state index in [2.05, 4.69) is 14.9 Å². The average molecular weight is 255 g/mol. The second kappa shape index (κ2) is 3.74. The summed E-state index contributed by atoms with van der Waals surface area (Å²) in [6.45, 7) is 2.54. The van der Waals surface area contributed by atoms with E-state index >= 15 is 0 Å². The van der Waals surface area contributed by atoms with Crippen LogP contribution in [0, 0.1) is 0 Å². The van der Waals surface area contributed by atoms with Crippen LogP contribution in [0.1, 0.15) is 16.8 Å². The molecule has 2 aliphatic rings. The van der Waals surface area contributed by atoms with E-state index in [1.165, 1.54) is 0 Å². The topological polar surface area (TPSA) is 55.3 Å². The zero-order valence-corrected chi connectivity index (χ0v) is 10.4. The van der Waals surface area contributed by atoms with Gasteiger partial charge >= 0.3 is 0 Å². The van der Waals surface area contributed by atoms with E-state index in [-0.39, 0.29) is 5.54 Å². The number of fused-ring (bicyclic) bond motifs is 1. The number of anilines is 1. The SMILES string of the molecule is O=Cc1ccc2nc(N3CCC34COC4)ncc2c1.